The largest absolute Gasteiger partial charge is 0.348 e. The molecule has 0 aliphatic carbocycles. The second kappa shape index (κ2) is 5.02. The first-order valence-corrected chi connectivity index (χ1v) is 6.78. The van der Waals surface area contributed by atoms with Gasteiger partial charge in [0.15, 0.2) is 0 Å². The second-order valence-corrected chi connectivity index (χ2v) is 5.36. The topological polar surface area (TPSA) is 42.3 Å². The number of aromatic nitrogens is 1. The maximum absolute atomic E-state index is 12.1. The van der Waals surface area contributed by atoms with E-state index in [0.29, 0.717) is 4.91 Å². The van der Waals surface area contributed by atoms with Crippen molar-refractivity contribution in [1.29, 1.82) is 0 Å². The molecule has 2 amide bonds. The average molecular weight is 264 g/mol. The summed E-state index contributed by atoms with van der Waals surface area (Å²) in [5, 5.41) is -0.184. The van der Waals surface area contributed by atoms with Gasteiger partial charge in [0.05, 0.1) is 4.91 Å². The van der Waals surface area contributed by atoms with Gasteiger partial charge in [-0.15, -0.1) is 0 Å². The van der Waals surface area contributed by atoms with E-state index in [4.69, 9.17) is 0 Å². The molecule has 0 aromatic carbocycles. The summed E-state index contributed by atoms with van der Waals surface area (Å²) in [5.41, 5.74) is 0.951. The van der Waals surface area contributed by atoms with Crippen LogP contribution in [0.3, 0.4) is 0 Å². The van der Waals surface area contributed by atoms with Gasteiger partial charge in [0.1, 0.15) is 0 Å². The zero-order valence-electron chi connectivity index (χ0n) is 10.7. The number of thioether (sulfide) groups is 1. The van der Waals surface area contributed by atoms with E-state index in [1.165, 1.54) is 4.90 Å². The first-order valence-electron chi connectivity index (χ1n) is 5.96. The number of nitrogens with zero attached hydrogens (tertiary/aromatic N) is 2. The Morgan fingerprint density at radius 3 is 2.67 bits per heavy atom. The molecule has 0 atom stereocenters. The van der Waals surface area contributed by atoms with Crippen molar-refractivity contribution in [2.24, 2.45) is 0 Å². The monoisotopic (exact) mass is 264 g/mol. The molecule has 0 N–H and O–H groups in total. The van der Waals surface area contributed by atoms with Gasteiger partial charge in [0.2, 0.25) is 0 Å². The zero-order valence-corrected chi connectivity index (χ0v) is 11.5. The highest BCUT2D eigenvalue weighted by Crippen LogP contribution is 2.33. The standard InChI is InChI=1S/C13H16N2O2S/c1-4-14-7-5-6-10(14)8-11-12(16)15(9(2)3)13(17)18-11/h5-9H,4H2,1-3H3/b11-8+. The van der Waals surface area contributed by atoms with Gasteiger partial charge in [0, 0.05) is 24.5 Å². The summed E-state index contributed by atoms with van der Waals surface area (Å²) in [6.45, 7) is 6.56. The number of imide groups is 1. The quantitative estimate of drug-likeness (QED) is 0.788. The van der Waals surface area contributed by atoms with Gasteiger partial charge in [-0.2, -0.15) is 0 Å². The molecule has 2 heterocycles. The summed E-state index contributed by atoms with van der Waals surface area (Å²) in [6.07, 6.45) is 3.75. The summed E-state index contributed by atoms with van der Waals surface area (Å²) < 4.78 is 2.03. The number of amides is 2. The van der Waals surface area contributed by atoms with Gasteiger partial charge < -0.3 is 4.57 Å². The van der Waals surface area contributed by atoms with E-state index >= 15 is 0 Å². The van der Waals surface area contributed by atoms with E-state index in [1.807, 2.05) is 43.7 Å². The third-order valence-electron chi connectivity index (χ3n) is 2.82. The van der Waals surface area contributed by atoms with Crippen LogP contribution in [0.5, 0.6) is 0 Å². The maximum atomic E-state index is 12.1. The van der Waals surface area contributed by atoms with Crippen LogP contribution in [0.2, 0.25) is 0 Å². The molecule has 4 nitrogen and oxygen atoms in total. The Labute approximate surface area is 111 Å². The van der Waals surface area contributed by atoms with Crippen LogP contribution in [0.15, 0.2) is 23.2 Å². The Bertz CT molecular complexity index is 517. The molecule has 96 valence electrons. The summed E-state index contributed by atoms with van der Waals surface area (Å²) in [6, 6.07) is 3.77. The highest BCUT2D eigenvalue weighted by molar-refractivity contribution is 8.18. The minimum atomic E-state index is -0.191. The second-order valence-electron chi connectivity index (χ2n) is 4.36. The van der Waals surface area contributed by atoms with E-state index in [0.717, 1.165) is 24.0 Å². The highest BCUT2D eigenvalue weighted by Gasteiger charge is 2.36. The predicted octanol–water partition coefficient (Wildman–Crippen LogP) is 2.95. The van der Waals surface area contributed by atoms with Crippen molar-refractivity contribution in [1.82, 2.24) is 9.47 Å². The van der Waals surface area contributed by atoms with Crippen LogP contribution in [0.25, 0.3) is 6.08 Å². The van der Waals surface area contributed by atoms with Gasteiger partial charge in [0.25, 0.3) is 11.1 Å². The fraction of sp³-hybridized carbons (Fsp3) is 0.385. The summed E-state index contributed by atoms with van der Waals surface area (Å²) in [5.74, 6) is -0.191. The Balaban J connectivity index is 2.31. The maximum Gasteiger partial charge on any atom is 0.293 e. The molecule has 1 aliphatic rings. The molecule has 1 aromatic heterocycles. The van der Waals surface area contributed by atoms with Crippen LogP contribution in [-0.4, -0.2) is 26.7 Å². The normalized spacial score (nSPS) is 18.4. The summed E-state index contributed by atoms with van der Waals surface area (Å²) in [4.78, 5) is 25.6. The lowest BCUT2D eigenvalue weighted by Crippen LogP contribution is -2.34. The van der Waals surface area contributed by atoms with Crippen molar-refractivity contribution in [3.63, 3.8) is 0 Å². The van der Waals surface area contributed by atoms with Crippen LogP contribution in [0.4, 0.5) is 4.79 Å². The molecule has 0 spiro atoms. The molecule has 0 saturated carbocycles. The summed E-state index contributed by atoms with van der Waals surface area (Å²) >= 11 is 1.01. The Hall–Kier alpha value is -1.49. The van der Waals surface area contributed by atoms with Crippen LogP contribution >= 0.6 is 11.8 Å². The SMILES string of the molecule is CCn1cccc1/C=C1/SC(=O)N(C(C)C)C1=O. The Kier molecular flexibility index (Phi) is 3.61. The molecule has 0 unspecified atom stereocenters. The lowest BCUT2D eigenvalue weighted by Gasteiger charge is -2.16. The van der Waals surface area contributed by atoms with Crippen LogP contribution < -0.4 is 0 Å². The number of carbonyl (C=O) groups excluding carboxylic acids is 2. The van der Waals surface area contributed by atoms with Crippen molar-refractivity contribution in [2.45, 2.75) is 33.4 Å². The van der Waals surface area contributed by atoms with Gasteiger partial charge in [-0.25, -0.2) is 0 Å². The molecule has 0 radical (unpaired) electrons. The van der Waals surface area contributed by atoms with Gasteiger partial charge in [-0.05, 0) is 50.7 Å². The molecule has 0 bridgehead atoms. The number of hydrogen-bond acceptors (Lipinski definition) is 3. The minimum Gasteiger partial charge on any atom is -0.348 e. The molecule has 1 fully saturated rings. The number of aryl methyl sites for hydroxylation is 1. The third kappa shape index (κ3) is 2.22. The third-order valence-corrected chi connectivity index (χ3v) is 3.71. The highest BCUT2D eigenvalue weighted by atomic mass is 32.2. The smallest absolute Gasteiger partial charge is 0.293 e. The minimum absolute atomic E-state index is 0.0960. The average Bonchev–Trinajstić information content (AvgIpc) is 2.84. The fourth-order valence-corrected chi connectivity index (χ4v) is 2.85. The van der Waals surface area contributed by atoms with Crippen molar-refractivity contribution in [3.8, 4) is 0 Å². The lowest BCUT2D eigenvalue weighted by molar-refractivity contribution is -0.123. The predicted molar refractivity (Wildman–Crippen MR) is 73.1 cm³/mol. The first kappa shape index (κ1) is 13.0. The molecule has 1 aromatic rings. The van der Waals surface area contributed by atoms with Crippen molar-refractivity contribution >= 4 is 29.0 Å². The van der Waals surface area contributed by atoms with Crippen molar-refractivity contribution < 1.29 is 9.59 Å². The Morgan fingerprint density at radius 2 is 2.11 bits per heavy atom. The van der Waals surface area contributed by atoms with Gasteiger partial charge >= 0.3 is 0 Å². The van der Waals surface area contributed by atoms with Crippen molar-refractivity contribution in [2.75, 3.05) is 0 Å². The van der Waals surface area contributed by atoms with E-state index in [-0.39, 0.29) is 17.2 Å². The first-order chi connectivity index (χ1) is 8.54. The molecule has 5 heteroatoms. The van der Waals surface area contributed by atoms with Gasteiger partial charge in [-0.3, -0.25) is 14.5 Å². The van der Waals surface area contributed by atoms with Crippen molar-refractivity contribution in [3.05, 3.63) is 28.9 Å². The van der Waals surface area contributed by atoms with Crippen LogP contribution in [0.1, 0.15) is 26.5 Å². The Morgan fingerprint density at radius 1 is 1.39 bits per heavy atom. The van der Waals surface area contributed by atoms with Gasteiger partial charge in [-0.1, -0.05) is 0 Å². The van der Waals surface area contributed by atoms with E-state index in [2.05, 4.69) is 0 Å². The number of carbonyl (C=O) groups is 2. The van der Waals surface area contributed by atoms with Crippen LogP contribution in [-0.2, 0) is 11.3 Å². The zero-order chi connectivity index (χ0) is 13.3. The molecular weight excluding hydrogens is 248 g/mol. The fourth-order valence-electron chi connectivity index (χ4n) is 1.91. The van der Waals surface area contributed by atoms with E-state index in [9.17, 15) is 9.59 Å². The lowest BCUT2D eigenvalue weighted by atomic mass is 10.3. The molecule has 2 rings (SSSR count). The van der Waals surface area contributed by atoms with E-state index < -0.39 is 0 Å². The molecule has 1 aliphatic heterocycles. The van der Waals surface area contributed by atoms with E-state index in [1.54, 1.807) is 6.08 Å². The molecule has 18 heavy (non-hydrogen) atoms. The summed E-state index contributed by atoms with van der Waals surface area (Å²) in [7, 11) is 0. The number of hydrogen-bond donors (Lipinski definition) is 0. The van der Waals surface area contributed by atoms with Crippen LogP contribution in [0, 0.1) is 0 Å². The molecule has 1 saturated heterocycles. The number of rotatable bonds is 3. The molecular formula is C13H16N2O2S.